The number of amidine groups is 1. The molecule has 0 aliphatic carbocycles. The predicted octanol–water partition coefficient (Wildman–Crippen LogP) is 1.65. The summed E-state index contributed by atoms with van der Waals surface area (Å²) >= 11 is 0. The number of methoxy groups -OCH3 is 1. The van der Waals surface area contributed by atoms with Crippen molar-refractivity contribution in [2.75, 3.05) is 20.7 Å². The molecule has 0 bridgehead atoms. The predicted molar refractivity (Wildman–Crippen MR) is 71.9 cm³/mol. The van der Waals surface area contributed by atoms with Crippen molar-refractivity contribution in [1.82, 2.24) is 4.90 Å². The van der Waals surface area contributed by atoms with Crippen LogP contribution in [0.25, 0.3) is 0 Å². The highest BCUT2D eigenvalue weighted by Gasteiger charge is 2.14. The quantitative estimate of drug-likeness (QED) is 0.356. The van der Waals surface area contributed by atoms with Crippen LogP contribution in [0.5, 0.6) is 5.75 Å². The molecule has 106 valence electrons. The van der Waals surface area contributed by atoms with Crippen molar-refractivity contribution in [3.05, 3.63) is 29.6 Å². The zero-order chi connectivity index (χ0) is 14.4. The Labute approximate surface area is 112 Å². The molecule has 0 fully saturated rings. The van der Waals surface area contributed by atoms with Crippen LogP contribution in [0, 0.1) is 11.7 Å². The first-order valence-corrected chi connectivity index (χ1v) is 5.97. The molecule has 0 amide bonds. The van der Waals surface area contributed by atoms with Gasteiger partial charge in [0.05, 0.1) is 7.11 Å². The summed E-state index contributed by atoms with van der Waals surface area (Å²) in [7, 11) is 3.28. The minimum Gasteiger partial charge on any atom is -0.494 e. The molecule has 1 atom stereocenters. The Kier molecular flexibility index (Phi) is 5.57. The van der Waals surface area contributed by atoms with Crippen molar-refractivity contribution in [3.63, 3.8) is 0 Å². The Balaban J connectivity index is 2.70. The Hall–Kier alpha value is -1.82. The molecule has 6 heteroatoms. The summed E-state index contributed by atoms with van der Waals surface area (Å²) in [5.41, 5.74) is 6.06. The largest absolute Gasteiger partial charge is 0.494 e. The van der Waals surface area contributed by atoms with E-state index in [1.807, 2.05) is 18.9 Å². The topological polar surface area (TPSA) is 71.1 Å². The third-order valence-electron chi connectivity index (χ3n) is 2.91. The Morgan fingerprint density at radius 1 is 1.58 bits per heavy atom. The number of oxime groups is 1. The lowest BCUT2D eigenvalue weighted by Crippen LogP contribution is -2.32. The zero-order valence-electron chi connectivity index (χ0n) is 11.4. The summed E-state index contributed by atoms with van der Waals surface area (Å²) in [4.78, 5) is 1.90. The second-order valence-electron chi connectivity index (χ2n) is 4.56. The molecule has 1 aromatic carbocycles. The van der Waals surface area contributed by atoms with Crippen molar-refractivity contribution in [2.45, 2.75) is 13.5 Å². The molecule has 0 aliphatic heterocycles. The van der Waals surface area contributed by atoms with E-state index in [0.29, 0.717) is 18.7 Å². The number of nitrogens with zero attached hydrogens (tertiary/aromatic N) is 2. The molecule has 0 aromatic heterocycles. The Bertz CT molecular complexity index is 452. The van der Waals surface area contributed by atoms with E-state index in [9.17, 15) is 4.39 Å². The van der Waals surface area contributed by atoms with E-state index in [4.69, 9.17) is 15.7 Å². The summed E-state index contributed by atoms with van der Waals surface area (Å²) in [6.45, 7) is 2.83. The molecule has 0 heterocycles. The van der Waals surface area contributed by atoms with E-state index < -0.39 is 0 Å². The molecule has 0 aliphatic rings. The molecule has 0 spiro atoms. The fourth-order valence-corrected chi connectivity index (χ4v) is 1.85. The number of halogens is 1. The van der Waals surface area contributed by atoms with Crippen LogP contribution in [-0.2, 0) is 6.54 Å². The van der Waals surface area contributed by atoms with E-state index in [1.54, 1.807) is 18.2 Å². The number of ether oxygens (including phenoxy) is 1. The highest BCUT2D eigenvalue weighted by Crippen LogP contribution is 2.21. The van der Waals surface area contributed by atoms with Crippen molar-refractivity contribution in [3.8, 4) is 5.75 Å². The number of nitrogens with two attached hydrogens (primary N) is 1. The van der Waals surface area contributed by atoms with Crippen molar-refractivity contribution < 1.29 is 14.3 Å². The Morgan fingerprint density at radius 3 is 2.84 bits per heavy atom. The summed E-state index contributed by atoms with van der Waals surface area (Å²) in [6, 6.07) is 5.04. The second kappa shape index (κ2) is 6.94. The SMILES string of the molecule is COc1cccc(CN(C)CC(C)/C(N)=N/O)c1F. The first-order valence-electron chi connectivity index (χ1n) is 5.97. The number of benzene rings is 1. The monoisotopic (exact) mass is 269 g/mol. The van der Waals surface area contributed by atoms with Gasteiger partial charge in [-0.25, -0.2) is 4.39 Å². The van der Waals surface area contributed by atoms with Crippen molar-refractivity contribution in [2.24, 2.45) is 16.8 Å². The van der Waals surface area contributed by atoms with Crippen molar-refractivity contribution >= 4 is 5.84 Å². The summed E-state index contributed by atoms with van der Waals surface area (Å²) in [5.74, 6) is -0.0645. The smallest absolute Gasteiger partial charge is 0.169 e. The van der Waals surface area contributed by atoms with Crippen LogP contribution < -0.4 is 10.5 Å². The highest BCUT2D eigenvalue weighted by molar-refractivity contribution is 5.82. The van der Waals surface area contributed by atoms with E-state index >= 15 is 0 Å². The average molecular weight is 269 g/mol. The number of rotatable bonds is 6. The molecule has 5 nitrogen and oxygen atoms in total. The first kappa shape index (κ1) is 15.2. The molecule has 19 heavy (non-hydrogen) atoms. The van der Waals surface area contributed by atoms with Crippen LogP contribution in [0.15, 0.2) is 23.4 Å². The number of hydrogen-bond donors (Lipinski definition) is 2. The Morgan fingerprint density at radius 2 is 2.26 bits per heavy atom. The van der Waals surface area contributed by atoms with Gasteiger partial charge in [-0.2, -0.15) is 0 Å². The molecule has 1 aromatic rings. The van der Waals surface area contributed by atoms with E-state index in [-0.39, 0.29) is 23.3 Å². The average Bonchev–Trinajstić information content (AvgIpc) is 2.40. The molecule has 0 radical (unpaired) electrons. The van der Waals surface area contributed by atoms with Gasteiger partial charge in [0, 0.05) is 24.6 Å². The van der Waals surface area contributed by atoms with Gasteiger partial charge in [0.25, 0.3) is 0 Å². The van der Waals surface area contributed by atoms with E-state index in [1.165, 1.54) is 7.11 Å². The van der Waals surface area contributed by atoms with Crippen LogP contribution in [0.3, 0.4) is 0 Å². The van der Waals surface area contributed by atoms with Gasteiger partial charge in [-0.3, -0.25) is 0 Å². The zero-order valence-corrected chi connectivity index (χ0v) is 11.4. The maximum atomic E-state index is 14.0. The van der Waals surface area contributed by atoms with Crippen LogP contribution in [0.1, 0.15) is 12.5 Å². The maximum absolute atomic E-state index is 14.0. The van der Waals surface area contributed by atoms with Gasteiger partial charge in [0.15, 0.2) is 11.6 Å². The third-order valence-corrected chi connectivity index (χ3v) is 2.91. The second-order valence-corrected chi connectivity index (χ2v) is 4.56. The minimum absolute atomic E-state index is 0.108. The molecule has 0 saturated carbocycles. The normalized spacial score (nSPS) is 13.6. The van der Waals surface area contributed by atoms with Gasteiger partial charge in [-0.05, 0) is 13.1 Å². The van der Waals surface area contributed by atoms with Crippen LogP contribution in [0.4, 0.5) is 4.39 Å². The molecular weight excluding hydrogens is 249 g/mol. The summed E-state index contributed by atoms with van der Waals surface area (Å²) in [6.07, 6.45) is 0. The summed E-state index contributed by atoms with van der Waals surface area (Å²) < 4.78 is 18.9. The lowest BCUT2D eigenvalue weighted by atomic mass is 10.1. The lowest BCUT2D eigenvalue weighted by Gasteiger charge is -2.21. The molecule has 1 unspecified atom stereocenters. The van der Waals surface area contributed by atoms with Gasteiger partial charge in [-0.1, -0.05) is 24.2 Å². The van der Waals surface area contributed by atoms with Crippen LogP contribution >= 0.6 is 0 Å². The molecule has 1 rings (SSSR count). The van der Waals surface area contributed by atoms with Gasteiger partial charge in [-0.15, -0.1) is 0 Å². The first-order chi connectivity index (χ1) is 8.99. The van der Waals surface area contributed by atoms with Crippen LogP contribution in [-0.4, -0.2) is 36.6 Å². The van der Waals surface area contributed by atoms with E-state index in [2.05, 4.69) is 5.16 Å². The fourth-order valence-electron chi connectivity index (χ4n) is 1.85. The fraction of sp³-hybridized carbons (Fsp3) is 0.462. The third kappa shape index (κ3) is 4.10. The molecule has 3 N–H and O–H groups in total. The minimum atomic E-state index is -0.353. The number of hydrogen-bond acceptors (Lipinski definition) is 4. The van der Waals surface area contributed by atoms with Crippen LogP contribution in [0.2, 0.25) is 0 Å². The van der Waals surface area contributed by atoms with Crippen molar-refractivity contribution in [1.29, 1.82) is 0 Å². The summed E-state index contributed by atoms with van der Waals surface area (Å²) in [5, 5.41) is 11.6. The van der Waals surface area contributed by atoms with Gasteiger partial charge >= 0.3 is 0 Å². The molecule has 0 saturated heterocycles. The lowest BCUT2D eigenvalue weighted by molar-refractivity contribution is 0.286. The highest BCUT2D eigenvalue weighted by atomic mass is 19.1. The molecular formula is C13H20FN3O2. The van der Waals surface area contributed by atoms with E-state index in [0.717, 1.165) is 0 Å². The standard InChI is InChI=1S/C13H20FN3O2/c1-9(13(15)16-18)7-17(2)8-10-5-4-6-11(19-3)12(10)14/h4-6,9,18H,7-8H2,1-3H3,(H2,15,16). The van der Waals surface area contributed by atoms with Gasteiger partial charge in [0.1, 0.15) is 5.84 Å². The maximum Gasteiger partial charge on any atom is 0.169 e. The van der Waals surface area contributed by atoms with Gasteiger partial charge < -0.3 is 20.6 Å². The van der Waals surface area contributed by atoms with Gasteiger partial charge in [0.2, 0.25) is 0 Å².